The number of anilines is 1. The van der Waals surface area contributed by atoms with Gasteiger partial charge in [0.25, 0.3) is 5.56 Å². The Hall–Kier alpha value is -3.07. The van der Waals surface area contributed by atoms with Crippen molar-refractivity contribution >= 4 is 23.4 Å². The molecule has 2 heterocycles. The Kier molecular flexibility index (Phi) is 7.17. The topological polar surface area (TPSA) is 86.7 Å². The number of amides is 1. The van der Waals surface area contributed by atoms with Crippen molar-refractivity contribution in [2.24, 2.45) is 7.05 Å². The van der Waals surface area contributed by atoms with Gasteiger partial charge < -0.3 is 9.88 Å². The molecule has 1 amide bonds. The lowest BCUT2D eigenvalue weighted by atomic mass is 9.89. The van der Waals surface area contributed by atoms with Crippen LogP contribution in [0, 0.1) is 6.92 Å². The lowest BCUT2D eigenvalue weighted by Gasteiger charge is -2.21. The molecular weight excluding hydrogens is 436 g/mol. The van der Waals surface area contributed by atoms with Crippen LogP contribution in [0.25, 0.3) is 5.69 Å². The van der Waals surface area contributed by atoms with Gasteiger partial charge in [-0.25, -0.2) is 4.68 Å². The minimum atomic E-state index is -0.256. The number of nitrogens with zero attached hydrogens (tertiary/aromatic N) is 5. The number of aromatic nitrogens is 5. The Morgan fingerprint density at radius 2 is 1.94 bits per heavy atom. The molecule has 1 aliphatic carbocycles. The molecule has 33 heavy (non-hydrogen) atoms. The molecule has 0 radical (unpaired) electrons. The van der Waals surface area contributed by atoms with E-state index < -0.39 is 0 Å². The highest BCUT2D eigenvalue weighted by Crippen LogP contribution is 2.33. The highest BCUT2D eigenvalue weighted by Gasteiger charge is 2.24. The van der Waals surface area contributed by atoms with E-state index in [2.05, 4.69) is 26.7 Å². The summed E-state index contributed by atoms with van der Waals surface area (Å²) in [6.07, 6.45) is 7.79. The summed E-state index contributed by atoms with van der Waals surface area (Å²) in [6, 6.07) is 9.37. The summed E-state index contributed by atoms with van der Waals surface area (Å²) in [5.41, 5.74) is 1.48. The van der Waals surface area contributed by atoms with Crippen LogP contribution in [0.15, 0.2) is 52.9 Å². The van der Waals surface area contributed by atoms with Gasteiger partial charge in [-0.1, -0.05) is 55.3 Å². The predicted molar refractivity (Wildman–Crippen MR) is 131 cm³/mol. The Labute approximate surface area is 197 Å². The zero-order valence-corrected chi connectivity index (χ0v) is 20.0. The second-order valence-corrected chi connectivity index (χ2v) is 9.29. The maximum Gasteiger partial charge on any atom is 0.295 e. The smallest absolute Gasteiger partial charge is 0.295 e. The van der Waals surface area contributed by atoms with E-state index in [0.29, 0.717) is 29.0 Å². The Bertz CT molecular complexity index is 1190. The van der Waals surface area contributed by atoms with Crippen molar-refractivity contribution in [3.8, 4) is 5.69 Å². The minimum Gasteiger partial charge on any atom is -0.319 e. The number of para-hydroxylation sites is 1. The van der Waals surface area contributed by atoms with Gasteiger partial charge in [0.05, 0.1) is 17.1 Å². The number of rotatable bonds is 8. The SMILES string of the molecule is C=CCn1c(SCC(=O)Nc2c(C)n(C)n(-c3ccccc3)c2=O)nnc1C1CCCCC1. The molecule has 0 atom stereocenters. The molecule has 174 valence electrons. The minimum absolute atomic E-state index is 0.138. The average molecular weight is 467 g/mol. The first kappa shape index (κ1) is 23.1. The van der Waals surface area contributed by atoms with E-state index >= 15 is 0 Å². The third kappa shape index (κ3) is 4.83. The van der Waals surface area contributed by atoms with Crippen molar-refractivity contribution in [2.45, 2.75) is 56.6 Å². The van der Waals surface area contributed by atoms with E-state index in [0.717, 1.165) is 24.4 Å². The Balaban J connectivity index is 1.48. The number of carbonyl (C=O) groups is 1. The van der Waals surface area contributed by atoms with Crippen LogP contribution in [0.2, 0.25) is 0 Å². The van der Waals surface area contributed by atoms with Crippen LogP contribution in [0.3, 0.4) is 0 Å². The summed E-state index contributed by atoms with van der Waals surface area (Å²) >= 11 is 1.33. The molecule has 4 rings (SSSR count). The number of carbonyl (C=O) groups excluding carboxylic acids is 1. The van der Waals surface area contributed by atoms with Crippen LogP contribution < -0.4 is 10.9 Å². The van der Waals surface area contributed by atoms with Crippen molar-refractivity contribution in [1.29, 1.82) is 0 Å². The van der Waals surface area contributed by atoms with Gasteiger partial charge in [-0.3, -0.25) is 14.3 Å². The fourth-order valence-corrected chi connectivity index (χ4v) is 5.14. The number of thioether (sulfide) groups is 1. The number of nitrogens with one attached hydrogen (secondary N) is 1. The van der Waals surface area contributed by atoms with Crippen LogP contribution in [-0.2, 0) is 18.4 Å². The second-order valence-electron chi connectivity index (χ2n) is 8.35. The van der Waals surface area contributed by atoms with Gasteiger partial charge in [0, 0.05) is 19.5 Å². The highest BCUT2D eigenvalue weighted by molar-refractivity contribution is 7.99. The van der Waals surface area contributed by atoms with E-state index in [-0.39, 0.29) is 17.2 Å². The Morgan fingerprint density at radius 3 is 2.64 bits per heavy atom. The third-order valence-corrected chi connectivity index (χ3v) is 7.15. The molecule has 2 aromatic heterocycles. The number of hydrogen-bond donors (Lipinski definition) is 1. The first-order valence-corrected chi connectivity index (χ1v) is 12.3. The molecule has 0 spiro atoms. The molecule has 0 unspecified atom stereocenters. The molecule has 8 nitrogen and oxygen atoms in total. The summed E-state index contributed by atoms with van der Waals surface area (Å²) in [5.74, 6) is 1.29. The molecule has 1 N–H and O–H groups in total. The zero-order chi connectivity index (χ0) is 23.4. The van der Waals surface area contributed by atoms with Gasteiger partial charge in [-0.15, -0.1) is 16.8 Å². The molecule has 9 heteroatoms. The predicted octanol–water partition coefficient (Wildman–Crippen LogP) is 4.04. The van der Waals surface area contributed by atoms with E-state index in [1.165, 1.54) is 31.0 Å². The van der Waals surface area contributed by atoms with Gasteiger partial charge in [0.15, 0.2) is 5.16 Å². The molecule has 0 aliphatic heterocycles. The van der Waals surface area contributed by atoms with Crippen LogP contribution >= 0.6 is 11.8 Å². The van der Waals surface area contributed by atoms with Crippen molar-refractivity contribution in [3.05, 3.63) is 64.9 Å². The third-order valence-electron chi connectivity index (χ3n) is 6.18. The summed E-state index contributed by atoms with van der Waals surface area (Å²) in [6.45, 7) is 6.30. The van der Waals surface area contributed by atoms with Gasteiger partial charge in [-0.2, -0.15) is 0 Å². The summed E-state index contributed by atoms with van der Waals surface area (Å²) < 4.78 is 5.37. The van der Waals surface area contributed by atoms with Crippen molar-refractivity contribution in [3.63, 3.8) is 0 Å². The molecule has 1 saturated carbocycles. The zero-order valence-electron chi connectivity index (χ0n) is 19.2. The number of hydrogen-bond acceptors (Lipinski definition) is 5. The van der Waals surface area contributed by atoms with E-state index in [4.69, 9.17) is 0 Å². The summed E-state index contributed by atoms with van der Waals surface area (Å²) in [4.78, 5) is 25.8. The average Bonchev–Trinajstić information content (AvgIpc) is 3.33. The molecule has 0 bridgehead atoms. The summed E-state index contributed by atoms with van der Waals surface area (Å²) in [7, 11) is 1.80. The standard InChI is InChI=1S/C24H30N6O2S/c1-4-15-29-22(18-11-7-5-8-12-18)26-27-24(29)33-16-20(31)25-21-17(2)28(3)30(23(21)32)19-13-9-6-10-14-19/h4,6,9-10,13-14,18H,1,5,7-8,11-12,15-16H2,2-3H3,(H,25,31). The molecule has 1 fully saturated rings. The fraction of sp³-hybridized carbons (Fsp3) is 0.417. The van der Waals surface area contributed by atoms with Gasteiger partial charge in [0.2, 0.25) is 5.91 Å². The molecule has 0 saturated heterocycles. The van der Waals surface area contributed by atoms with E-state index in [1.807, 2.05) is 43.3 Å². The highest BCUT2D eigenvalue weighted by atomic mass is 32.2. The molecule has 3 aromatic rings. The Morgan fingerprint density at radius 1 is 1.21 bits per heavy atom. The van der Waals surface area contributed by atoms with Gasteiger partial charge in [0.1, 0.15) is 11.5 Å². The van der Waals surface area contributed by atoms with Crippen molar-refractivity contribution in [1.82, 2.24) is 24.1 Å². The number of allylic oxidation sites excluding steroid dienone is 1. The first-order chi connectivity index (χ1) is 16.0. The lowest BCUT2D eigenvalue weighted by molar-refractivity contribution is -0.113. The van der Waals surface area contributed by atoms with Gasteiger partial charge in [-0.05, 0) is 31.9 Å². The normalized spacial score (nSPS) is 14.4. The van der Waals surface area contributed by atoms with Crippen LogP contribution in [0.1, 0.15) is 49.5 Å². The molecule has 1 aliphatic rings. The van der Waals surface area contributed by atoms with E-state index in [1.54, 1.807) is 16.4 Å². The fourth-order valence-electron chi connectivity index (χ4n) is 4.39. The molecule has 1 aromatic carbocycles. The quantitative estimate of drug-likeness (QED) is 0.400. The second kappa shape index (κ2) is 10.2. The van der Waals surface area contributed by atoms with E-state index in [9.17, 15) is 9.59 Å². The molecular formula is C24H30N6O2S. The largest absolute Gasteiger partial charge is 0.319 e. The van der Waals surface area contributed by atoms with Crippen LogP contribution in [-0.4, -0.2) is 35.8 Å². The maximum atomic E-state index is 13.0. The van der Waals surface area contributed by atoms with Gasteiger partial charge >= 0.3 is 0 Å². The van der Waals surface area contributed by atoms with Crippen LogP contribution in [0.5, 0.6) is 0 Å². The van der Waals surface area contributed by atoms with Crippen molar-refractivity contribution < 1.29 is 4.79 Å². The monoisotopic (exact) mass is 466 g/mol. The lowest BCUT2D eigenvalue weighted by Crippen LogP contribution is -2.23. The summed E-state index contributed by atoms with van der Waals surface area (Å²) in [5, 5.41) is 12.3. The maximum absolute atomic E-state index is 13.0. The first-order valence-electron chi connectivity index (χ1n) is 11.3. The van der Waals surface area contributed by atoms with Crippen molar-refractivity contribution in [2.75, 3.05) is 11.1 Å². The van der Waals surface area contributed by atoms with Crippen LogP contribution in [0.4, 0.5) is 5.69 Å². The number of benzene rings is 1.